The Morgan fingerprint density at radius 2 is 2.00 bits per heavy atom. The maximum atomic E-state index is 9.80. The second-order valence-corrected chi connectivity index (χ2v) is 2.45. The maximum absolute atomic E-state index is 9.80. The normalized spacial score (nSPS) is 12.3. The van der Waals surface area contributed by atoms with Crippen molar-refractivity contribution < 1.29 is 41.4 Å². The standard InChI is InChI=1S/H3NO9S2/c2-1(7-11-10-9-3)8-12(4,5)6/h2-3H,(H,4,5,6). The Hall–Kier alpha value is -0.0200. The van der Waals surface area contributed by atoms with Crippen LogP contribution in [0.3, 0.4) is 0 Å². The van der Waals surface area contributed by atoms with Crippen molar-refractivity contribution in [3.8, 4) is 0 Å². The summed E-state index contributed by atoms with van der Waals surface area (Å²) < 4.78 is 37.9. The molecule has 0 atom stereocenters. The van der Waals surface area contributed by atoms with Crippen molar-refractivity contribution in [2.75, 3.05) is 0 Å². The first-order valence-electron chi connectivity index (χ1n) is 1.93. The maximum Gasteiger partial charge on any atom is 0.417 e. The van der Waals surface area contributed by atoms with Crippen LogP contribution in [0.15, 0.2) is 0 Å². The van der Waals surface area contributed by atoms with Gasteiger partial charge in [-0.05, 0) is 0 Å². The molecule has 12 heteroatoms. The molecule has 0 aliphatic heterocycles. The molecule has 0 aliphatic rings. The molecular formula is H3NO9S2. The summed E-state index contributed by atoms with van der Waals surface area (Å²) >= 11 is -0.195. The van der Waals surface area contributed by atoms with Gasteiger partial charge in [-0.2, -0.15) is 8.42 Å². The lowest BCUT2D eigenvalue weighted by molar-refractivity contribution is -0.455. The fraction of sp³-hybridized carbons (Fsp3) is 0. The Morgan fingerprint density at radius 3 is 2.42 bits per heavy atom. The average Bonchev–Trinajstić information content (AvgIpc) is 1.84. The van der Waals surface area contributed by atoms with E-state index in [2.05, 4.69) is 17.9 Å². The Morgan fingerprint density at radius 1 is 1.42 bits per heavy atom. The minimum Gasteiger partial charge on any atom is -0.264 e. The highest BCUT2D eigenvalue weighted by molar-refractivity contribution is 7.89. The van der Waals surface area contributed by atoms with Crippen LogP contribution in [-0.4, -0.2) is 28.8 Å². The van der Waals surface area contributed by atoms with Crippen LogP contribution in [-0.2, 0) is 28.3 Å². The first-order valence-corrected chi connectivity index (χ1v) is 3.96. The molecule has 0 rings (SSSR count). The molecule has 0 amide bonds. The van der Waals surface area contributed by atoms with Gasteiger partial charge in [0.1, 0.15) is 5.39 Å². The van der Waals surface area contributed by atoms with E-state index in [1.54, 1.807) is 0 Å². The van der Waals surface area contributed by atoms with Gasteiger partial charge >= 0.3 is 10.4 Å². The van der Waals surface area contributed by atoms with E-state index >= 15 is 0 Å². The molecular weight excluding hydrogens is 222 g/mol. The molecule has 0 aromatic carbocycles. The Labute approximate surface area is 70.3 Å². The van der Waals surface area contributed by atoms with Gasteiger partial charge in [-0.15, -0.1) is 12.9 Å². The van der Waals surface area contributed by atoms with Crippen molar-refractivity contribution in [1.82, 2.24) is 5.39 Å². The minimum absolute atomic E-state index is 0.195. The highest BCUT2D eigenvalue weighted by atomic mass is 32.3. The largest absolute Gasteiger partial charge is 0.417 e. The first kappa shape index (κ1) is 12.0. The van der Waals surface area contributed by atoms with E-state index in [4.69, 9.17) is 15.0 Å². The second-order valence-electron chi connectivity index (χ2n) is 1.03. The monoisotopic (exact) mass is 225 g/mol. The number of rotatable bonds is 6. The number of nitrogens with zero attached hydrogens (tertiary/aromatic N) is 1. The van der Waals surface area contributed by atoms with Gasteiger partial charge in [0.05, 0.1) is 0 Å². The lowest BCUT2D eigenvalue weighted by Gasteiger charge is -2.06. The van der Waals surface area contributed by atoms with E-state index in [-0.39, 0.29) is 12.3 Å². The molecule has 0 radical (unpaired) electrons. The Bertz CT molecular complexity index is 195. The summed E-state index contributed by atoms with van der Waals surface area (Å²) in [7, 11) is -4.88. The third-order valence-electron chi connectivity index (χ3n) is 0.310. The third-order valence-corrected chi connectivity index (χ3v) is 0.931. The fourth-order valence-electron chi connectivity index (χ4n) is 0.144. The van der Waals surface area contributed by atoms with E-state index in [1.807, 2.05) is 0 Å². The quantitative estimate of drug-likeness (QED) is 0.174. The van der Waals surface area contributed by atoms with E-state index in [9.17, 15) is 8.42 Å². The van der Waals surface area contributed by atoms with Crippen LogP contribution in [0.1, 0.15) is 0 Å². The van der Waals surface area contributed by atoms with E-state index < -0.39 is 15.8 Å². The molecule has 12 heavy (non-hydrogen) atoms. The van der Waals surface area contributed by atoms with Crippen molar-refractivity contribution >= 4 is 22.7 Å². The fourth-order valence-corrected chi connectivity index (χ4v) is 0.506. The van der Waals surface area contributed by atoms with Gasteiger partial charge in [0, 0.05) is 0 Å². The number of hydrogen-bond donors (Lipinski definition) is 3. The SMILES string of the molecule is O=S(=O)(O)ON(O)OSOOO. The molecule has 10 nitrogen and oxygen atoms in total. The molecule has 0 fully saturated rings. The summed E-state index contributed by atoms with van der Waals surface area (Å²) in [6, 6.07) is 0. The van der Waals surface area contributed by atoms with E-state index in [1.165, 1.54) is 0 Å². The summed E-state index contributed by atoms with van der Waals surface area (Å²) in [4.78, 5) is 0. The smallest absolute Gasteiger partial charge is 0.264 e. The van der Waals surface area contributed by atoms with Crippen molar-refractivity contribution in [2.24, 2.45) is 0 Å². The van der Waals surface area contributed by atoms with Gasteiger partial charge < -0.3 is 0 Å². The molecule has 0 aromatic heterocycles. The van der Waals surface area contributed by atoms with E-state index in [0.29, 0.717) is 0 Å². The Kier molecular flexibility index (Phi) is 5.59. The average molecular weight is 225 g/mol. The summed E-state index contributed by atoms with van der Waals surface area (Å²) in [6.45, 7) is 0. The topological polar surface area (TPSA) is 135 Å². The van der Waals surface area contributed by atoms with Crippen LogP contribution in [0, 0.1) is 0 Å². The van der Waals surface area contributed by atoms with Gasteiger partial charge in [0.25, 0.3) is 0 Å². The molecule has 0 spiro atoms. The van der Waals surface area contributed by atoms with E-state index in [0.717, 1.165) is 0 Å². The van der Waals surface area contributed by atoms with Crippen LogP contribution in [0.2, 0.25) is 0 Å². The van der Waals surface area contributed by atoms with Crippen molar-refractivity contribution in [2.45, 2.75) is 0 Å². The summed E-state index contributed by atoms with van der Waals surface area (Å²) in [5, 5.41) is 17.9. The van der Waals surface area contributed by atoms with Crippen LogP contribution >= 0.6 is 12.3 Å². The molecule has 3 N–H and O–H groups in total. The van der Waals surface area contributed by atoms with Gasteiger partial charge in [0.15, 0.2) is 0 Å². The number of hydrogen-bond acceptors (Lipinski definition) is 10. The summed E-state index contributed by atoms with van der Waals surface area (Å²) in [6.07, 6.45) is 0. The lowest BCUT2D eigenvalue weighted by atomic mass is 13.0. The van der Waals surface area contributed by atoms with Crippen LogP contribution < -0.4 is 0 Å². The van der Waals surface area contributed by atoms with Crippen LogP contribution in [0.5, 0.6) is 0 Å². The predicted molar refractivity (Wildman–Crippen MR) is 29.7 cm³/mol. The van der Waals surface area contributed by atoms with Gasteiger partial charge in [-0.1, -0.05) is 5.04 Å². The van der Waals surface area contributed by atoms with Gasteiger partial charge in [-0.3, -0.25) is 9.76 Å². The summed E-state index contributed by atoms with van der Waals surface area (Å²) in [5.74, 6) is 0. The highest BCUT2D eigenvalue weighted by Crippen LogP contribution is 2.07. The molecule has 0 saturated carbocycles. The van der Waals surface area contributed by atoms with Crippen molar-refractivity contribution in [3.63, 3.8) is 0 Å². The van der Waals surface area contributed by atoms with Crippen molar-refractivity contribution in [1.29, 1.82) is 0 Å². The molecule has 0 bridgehead atoms. The zero-order valence-electron chi connectivity index (χ0n) is 5.05. The molecule has 0 saturated heterocycles. The minimum atomic E-state index is -4.88. The molecule has 0 aromatic rings. The first-order chi connectivity index (χ1) is 5.45. The third kappa shape index (κ3) is 8.08. The second kappa shape index (κ2) is 5.60. The summed E-state index contributed by atoms with van der Waals surface area (Å²) in [5.41, 5.74) is 0. The van der Waals surface area contributed by atoms with Gasteiger partial charge in [0.2, 0.25) is 12.3 Å². The molecule has 74 valence electrons. The highest BCUT2D eigenvalue weighted by Gasteiger charge is 2.13. The van der Waals surface area contributed by atoms with Crippen molar-refractivity contribution in [3.05, 3.63) is 0 Å². The lowest BCUT2D eigenvalue weighted by Crippen LogP contribution is -2.21. The zero-order chi connectivity index (χ0) is 9.61. The Balaban J connectivity index is 3.53. The van der Waals surface area contributed by atoms with Crippen LogP contribution in [0.4, 0.5) is 0 Å². The van der Waals surface area contributed by atoms with Crippen LogP contribution in [0.25, 0.3) is 0 Å². The predicted octanol–water partition coefficient (Wildman–Crippen LogP) is -0.672. The zero-order valence-corrected chi connectivity index (χ0v) is 6.69. The molecule has 0 heterocycles. The van der Waals surface area contributed by atoms with Gasteiger partial charge in [-0.25, -0.2) is 5.26 Å². The molecule has 0 aliphatic carbocycles. The molecule has 0 unspecified atom stereocenters.